The zero-order chi connectivity index (χ0) is 22.4. The first-order valence-corrected chi connectivity index (χ1v) is 11.1. The predicted molar refractivity (Wildman–Crippen MR) is 119 cm³/mol. The van der Waals surface area contributed by atoms with Crippen molar-refractivity contribution in [2.45, 2.75) is 37.4 Å². The Hall–Kier alpha value is -2.87. The van der Waals surface area contributed by atoms with Gasteiger partial charge in [0.15, 0.2) is 0 Å². The Morgan fingerprint density at radius 2 is 1.87 bits per heavy atom. The second-order valence-corrected chi connectivity index (χ2v) is 7.76. The van der Waals surface area contributed by atoms with Crippen LogP contribution in [0.4, 0.5) is 0 Å². The van der Waals surface area contributed by atoms with Gasteiger partial charge in [0.25, 0.3) is 5.91 Å². The van der Waals surface area contributed by atoms with Gasteiger partial charge in [-0.05, 0) is 29.7 Å². The highest BCUT2D eigenvalue weighted by molar-refractivity contribution is 9.08. The first-order valence-electron chi connectivity index (χ1n) is 9.96. The Kier molecular flexibility index (Phi) is 7.68. The Labute approximate surface area is 189 Å². The molecule has 0 saturated carbocycles. The summed E-state index contributed by atoms with van der Waals surface area (Å²) in [6.07, 6.45) is 0.227. The summed E-state index contributed by atoms with van der Waals surface area (Å²) < 4.78 is 10.7. The van der Waals surface area contributed by atoms with Crippen LogP contribution in [0.2, 0.25) is 0 Å². The number of rotatable bonds is 9. The smallest absolute Gasteiger partial charge is 0.305 e. The minimum atomic E-state index is -0.770. The highest BCUT2D eigenvalue weighted by Gasteiger charge is 2.37. The van der Waals surface area contributed by atoms with E-state index in [0.717, 1.165) is 16.5 Å². The van der Waals surface area contributed by atoms with Crippen molar-refractivity contribution in [3.63, 3.8) is 0 Å². The first-order chi connectivity index (χ1) is 15.0. The number of nitrogens with zero attached hydrogens (tertiary/aromatic N) is 1. The van der Waals surface area contributed by atoms with Crippen LogP contribution in [-0.4, -0.2) is 42.9 Å². The summed E-state index contributed by atoms with van der Waals surface area (Å²) in [4.78, 5) is 38.6. The van der Waals surface area contributed by atoms with E-state index in [1.807, 2.05) is 30.3 Å². The van der Waals surface area contributed by atoms with E-state index < -0.39 is 12.0 Å². The fourth-order valence-corrected chi connectivity index (χ4v) is 3.92. The lowest BCUT2D eigenvalue weighted by atomic mass is 10.1. The van der Waals surface area contributed by atoms with Crippen molar-refractivity contribution < 1.29 is 23.9 Å². The average molecular weight is 489 g/mol. The molecule has 1 aliphatic rings. The molecule has 8 heteroatoms. The Bertz CT molecular complexity index is 961. The number of hydrogen-bond acceptors (Lipinski definition) is 5. The molecule has 0 spiro atoms. The summed E-state index contributed by atoms with van der Waals surface area (Å²) in [5.74, 6) is -0.380. The average Bonchev–Trinajstić information content (AvgIpc) is 3.14. The summed E-state index contributed by atoms with van der Waals surface area (Å²) in [7, 11) is 2.81. The normalized spacial score (nSPS) is 13.5. The second kappa shape index (κ2) is 10.4. The number of ether oxygens (including phenoxy) is 2. The predicted octanol–water partition coefficient (Wildman–Crippen LogP) is 3.18. The number of methoxy groups -OCH3 is 1. The van der Waals surface area contributed by atoms with Crippen molar-refractivity contribution in [3.05, 3.63) is 64.7 Å². The number of alkyl halides is 1. The molecule has 0 bridgehead atoms. The molecular formula is C23H25BrN2O5. The zero-order valence-corrected chi connectivity index (χ0v) is 19.1. The molecule has 31 heavy (non-hydrogen) atoms. The minimum absolute atomic E-state index is 0.0441. The molecule has 7 nitrogen and oxygen atoms in total. The number of esters is 1. The molecule has 1 N–H and O–H groups in total. The summed E-state index contributed by atoms with van der Waals surface area (Å²) in [6, 6.07) is 12.6. The van der Waals surface area contributed by atoms with Crippen molar-refractivity contribution in [2.75, 3.05) is 14.2 Å². The van der Waals surface area contributed by atoms with Gasteiger partial charge in [-0.3, -0.25) is 14.4 Å². The van der Waals surface area contributed by atoms with E-state index in [-0.39, 0.29) is 31.2 Å². The van der Waals surface area contributed by atoms with Crippen LogP contribution < -0.4 is 10.1 Å². The maximum atomic E-state index is 13.0. The van der Waals surface area contributed by atoms with Crippen LogP contribution in [-0.2, 0) is 32.8 Å². The van der Waals surface area contributed by atoms with Crippen LogP contribution in [0.1, 0.15) is 39.9 Å². The fraction of sp³-hybridized carbons (Fsp3) is 0.348. The number of carbonyl (C=O) groups excluding carboxylic acids is 3. The minimum Gasteiger partial charge on any atom is -0.489 e. The van der Waals surface area contributed by atoms with Crippen LogP contribution in [0.15, 0.2) is 42.5 Å². The molecule has 0 saturated heterocycles. The standard InChI is InChI=1S/C23H25BrN2O5/c1-25-22(28)19(10-11-21(27)30-2)26-13-18-17(23(26)29)4-3-5-20(18)31-14-16-8-6-15(12-24)7-9-16/h3-9,19H,10-14H2,1-2H3,(H,25,28). The number of benzene rings is 2. The molecule has 1 aliphatic heterocycles. The maximum Gasteiger partial charge on any atom is 0.305 e. The van der Waals surface area contributed by atoms with Crippen LogP contribution in [0.5, 0.6) is 5.75 Å². The second-order valence-electron chi connectivity index (χ2n) is 7.20. The van der Waals surface area contributed by atoms with E-state index in [2.05, 4.69) is 26.0 Å². The molecule has 0 fully saturated rings. The number of carbonyl (C=O) groups is 3. The summed E-state index contributed by atoms with van der Waals surface area (Å²) >= 11 is 3.43. The van der Waals surface area contributed by atoms with E-state index in [0.29, 0.717) is 17.9 Å². The number of hydrogen-bond donors (Lipinski definition) is 1. The topological polar surface area (TPSA) is 84.9 Å². The Balaban J connectivity index is 1.77. The third-order valence-corrected chi connectivity index (χ3v) is 5.95. The lowest BCUT2D eigenvalue weighted by molar-refractivity contribution is -0.141. The third-order valence-electron chi connectivity index (χ3n) is 5.30. The monoisotopic (exact) mass is 488 g/mol. The van der Waals surface area contributed by atoms with Crippen molar-refractivity contribution in [2.24, 2.45) is 0 Å². The lowest BCUT2D eigenvalue weighted by Gasteiger charge is -2.26. The number of likely N-dealkylation sites (N-methyl/N-ethyl adjacent to an activating group) is 1. The Morgan fingerprint density at radius 1 is 1.16 bits per heavy atom. The largest absolute Gasteiger partial charge is 0.489 e. The molecule has 2 aromatic carbocycles. The number of nitrogens with one attached hydrogen (secondary N) is 1. The van der Waals surface area contributed by atoms with Gasteiger partial charge in [0.2, 0.25) is 5.91 Å². The fourth-order valence-electron chi connectivity index (χ4n) is 3.55. The first kappa shape index (κ1) is 22.8. The maximum absolute atomic E-state index is 13.0. The van der Waals surface area contributed by atoms with Gasteiger partial charge in [-0.2, -0.15) is 0 Å². The SMILES string of the molecule is CNC(=O)C(CCC(=O)OC)N1Cc2c(OCc3ccc(CBr)cc3)cccc2C1=O. The van der Waals surface area contributed by atoms with Gasteiger partial charge in [0.1, 0.15) is 18.4 Å². The number of amides is 2. The third kappa shape index (κ3) is 5.25. The van der Waals surface area contributed by atoms with Gasteiger partial charge in [-0.15, -0.1) is 0 Å². The van der Waals surface area contributed by atoms with E-state index in [9.17, 15) is 14.4 Å². The molecule has 1 atom stereocenters. The molecule has 0 aliphatic carbocycles. The molecular weight excluding hydrogens is 464 g/mol. The summed E-state index contributed by atoms with van der Waals surface area (Å²) in [6.45, 7) is 0.612. The van der Waals surface area contributed by atoms with E-state index in [1.165, 1.54) is 24.6 Å². The van der Waals surface area contributed by atoms with Gasteiger partial charge in [0, 0.05) is 29.9 Å². The van der Waals surface area contributed by atoms with Crippen LogP contribution in [0.25, 0.3) is 0 Å². The van der Waals surface area contributed by atoms with Gasteiger partial charge in [0.05, 0.1) is 13.7 Å². The van der Waals surface area contributed by atoms with Gasteiger partial charge in [-0.1, -0.05) is 46.3 Å². The quantitative estimate of drug-likeness (QED) is 0.432. The van der Waals surface area contributed by atoms with Crippen LogP contribution >= 0.6 is 15.9 Å². The van der Waals surface area contributed by atoms with E-state index in [1.54, 1.807) is 12.1 Å². The highest BCUT2D eigenvalue weighted by Crippen LogP contribution is 2.33. The van der Waals surface area contributed by atoms with Gasteiger partial charge < -0.3 is 19.7 Å². The van der Waals surface area contributed by atoms with Crippen molar-refractivity contribution in [1.29, 1.82) is 0 Å². The molecule has 0 aromatic heterocycles. The summed E-state index contributed by atoms with van der Waals surface area (Å²) in [5, 5.41) is 3.37. The summed E-state index contributed by atoms with van der Waals surface area (Å²) in [5.41, 5.74) is 3.46. The zero-order valence-electron chi connectivity index (χ0n) is 17.5. The molecule has 0 radical (unpaired) electrons. The van der Waals surface area contributed by atoms with Crippen molar-refractivity contribution >= 4 is 33.7 Å². The van der Waals surface area contributed by atoms with Crippen molar-refractivity contribution in [1.82, 2.24) is 10.2 Å². The van der Waals surface area contributed by atoms with Crippen molar-refractivity contribution in [3.8, 4) is 5.75 Å². The molecule has 2 amide bonds. The number of halogens is 1. The molecule has 164 valence electrons. The molecule has 1 heterocycles. The molecule has 1 unspecified atom stereocenters. The lowest BCUT2D eigenvalue weighted by Crippen LogP contribution is -2.46. The molecule has 3 rings (SSSR count). The number of fused-ring (bicyclic) bond motifs is 1. The highest BCUT2D eigenvalue weighted by atomic mass is 79.9. The van der Waals surface area contributed by atoms with Gasteiger partial charge >= 0.3 is 5.97 Å². The van der Waals surface area contributed by atoms with Crippen LogP contribution in [0.3, 0.4) is 0 Å². The van der Waals surface area contributed by atoms with Gasteiger partial charge in [-0.25, -0.2) is 0 Å². The molecule has 2 aromatic rings. The Morgan fingerprint density at radius 3 is 2.52 bits per heavy atom. The van der Waals surface area contributed by atoms with E-state index in [4.69, 9.17) is 4.74 Å². The van der Waals surface area contributed by atoms with E-state index >= 15 is 0 Å². The van der Waals surface area contributed by atoms with Crippen LogP contribution in [0, 0.1) is 0 Å².